The van der Waals surface area contributed by atoms with E-state index in [0.29, 0.717) is 29.2 Å². The Balaban J connectivity index is 1.77. The Kier molecular flexibility index (Phi) is 5.50. The number of benzene rings is 1. The van der Waals surface area contributed by atoms with Crippen molar-refractivity contribution in [3.05, 3.63) is 71.4 Å². The first kappa shape index (κ1) is 17.2. The van der Waals surface area contributed by atoms with Gasteiger partial charge in [0.05, 0.1) is 5.57 Å². The van der Waals surface area contributed by atoms with Crippen LogP contribution in [0.25, 0.3) is 0 Å². The lowest BCUT2D eigenvalue weighted by atomic mass is 9.94. The number of hydrogen-bond donors (Lipinski definition) is 2. The molecule has 0 atom stereocenters. The molecule has 0 aliphatic heterocycles. The van der Waals surface area contributed by atoms with Crippen molar-refractivity contribution in [2.45, 2.75) is 25.8 Å². The van der Waals surface area contributed by atoms with E-state index in [-0.39, 0.29) is 11.6 Å². The van der Waals surface area contributed by atoms with Gasteiger partial charge in [0.15, 0.2) is 5.78 Å². The second kappa shape index (κ2) is 7.98. The number of nitrogens with zero attached hydrogens (tertiary/aromatic N) is 1. The van der Waals surface area contributed by atoms with E-state index in [4.69, 9.17) is 12.2 Å². The van der Waals surface area contributed by atoms with Gasteiger partial charge < -0.3 is 10.6 Å². The van der Waals surface area contributed by atoms with Crippen molar-refractivity contribution in [1.82, 2.24) is 10.3 Å². The summed E-state index contributed by atoms with van der Waals surface area (Å²) in [6, 6.07) is 9.74. The summed E-state index contributed by atoms with van der Waals surface area (Å²) in [6.07, 6.45) is 5.54. The number of allylic oxidation sites excluding steroid dienone is 1. The Morgan fingerprint density at radius 2 is 1.84 bits per heavy atom. The topological polar surface area (TPSA) is 54.0 Å². The molecule has 1 aromatic heterocycles. The molecule has 1 aliphatic rings. The minimum Gasteiger partial charge on any atom is -0.384 e. The van der Waals surface area contributed by atoms with Crippen LogP contribution in [0.1, 0.15) is 24.8 Å². The van der Waals surface area contributed by atoms with Crippen molar-refractivity contribution >= 4 is 28.7 Å². The Morgan fingerprint density at radius 1 is 1.12 bits per heavy atom. The second-order valence-corrected chi connectivity index (χ2v) is 6.21. The standard InChI is InChI=1S/C19H18FN3OS/c20-14-4-6-15(7-5-14)23-19(25)18-16(2-1-3-17(18)24)22-12-13-8-10-21-11-9-13/h4-11,22H,1-3,12H2,(H,23,25). The number of anilines is 1. The summed E-state index contributed by atoms with van der Waals surface area (Å²) in [5.41, 5.74) is 3.12. The average molecular weight is 355 g/mol. The summed E-state index contributed by atoms with van der Waals surface area (Å²) < 4.78 is 13.0. The molecule has 3 rings (SSSR count). The second-order valence-electron chi connectivity index (χ2n) is 5.80. The van der Waals surface area contributed by atoms with Crippen molar-refractivity contribution in [2.75, 3.05) is 5.32 Å². The van der Waals surface area contributed by atoms with E-state index in [1.165, 1.54) is 12.1 Å². The summed E-state index contributed by atoms with van der Waals surface area (Å²) in [4.78, 5) is 16.8. The van der Waals surface area contributed by atoms with Crippen LogP contribution in [0.3, 0.4) is 0 Å². The molecule has 2 aromatic rings. The molecule has 0 saturated heterocycles. The fourth-order valence-corrected chi connectivity index (χ4v) is 3.08. The van der Waals surface area contributed by atoms with Crippen LogP contribution in [0, 0.1) is 5.82 Å². The minimum atomic E-state index is -0.316. The van der Waals surface area contributed by atoms with Crippen LogP contribution in [-0.4, -0.2) is 15.8 Å². The third-order valence-electron chi connectivity index (χ3n) is 4.00. The zero-order valence-electron chi connectivity index (χ0n) is 13.6. The van der Waals surface area contributed by atoms with E-state index in [0.717, 1.165) is 24.1 Å². The van der Waals surface area contributed by atoms with Gasteiger partial charge in [-0.3, -0.25) is 9.78 Å². The number of carbonyl (C=O) groups is 1. The predicted octanol–water partition coefficient (Wildman–Crippen LogP) is 3.76. The normalized spacial score (nSPS) is 14.4. The molecule has 1 heterocycles. The molecule has 0 fully saturated rings. The Bertz CT molecular complexity index is 803. The number of Topliss-reactive ketones (excluding diaryl/α,β-unsaturated/α-hetero) is 1. The zero-order valence-corrected chi connectivity index (χ0v) is 14.4. The summed E-state index contributed by atoms with van der Waals surface area (Å²) >= 11 is 5.44. The molecule has 0 unspecified atom stereocenters. The lowest BCUT2D eigenvalue weighted by Gasteiger charge is -2.22. The van der Waals surface area contributed by atoms with Gasteiger partial charge in [0.1, 0.15) is 10.8 Å². The van der Waals surface area contributed by atoms with Crippen molar-refractivity contribution in [2.24, 2.45) is 0 Å². The lowest BCUT2D eigenvalue weighted by Crippen LogP contribution is -2.28. The molecule has 0 spiro atoms. The fourth-order valence-electron chi connectivity index (χ4n) is 2.72. The van der Waals surface area contributed by atoms with Crippen LogP contribution in [0.15, 0.2) is 60.1 Å². The van der Waals surface area contributed by atoms with Crippen LogP contribution in [-0.2, 0) is 11.3 Å². The monoisotopic (exact) mass is 355 g/mol. The summed E-state index contributed by atoms with van der Waals surface area (Å²) in [5.74, 6) is -0.285. The molecule has 128 valence electrons. The molecular weight excluding hydrogens is 337 g/mol. The molecule has 25 heavy (non-hydrogen) atoms. The van der Waals surface area contributed by atoms with Crippen LogP contribution >= 0.6 is 12.2 Å². The first-order chi connectivity index (χ1) is 12.1. The number of nitrogens with one attached hydrogen (secondary N) is 2. The number of aromatic nitrogens is 1. The van der Waals surface area contributed by atoms with E-state index >= 15 is 0 Å². The van der Waals surface area contributed by atoms with E-state index < -0.39 is 0 Å². The number of ketones is 1. The van der Waals surface area contributed by atoms with Gasteiger partial charge in [-0.2, -0.15) is 0 Å². The molecule has 2 N–H and O–H groups in total. The van der Waals surface area contributed by atoms with Crippen molar-refractivity contribution < 1.29 is 9.18 Å². The molecule has 0 bridgehead atoms. The Morgan fingerprint density at radius 3 is 2.56 bits per heavy atom. The highest BCUT2D eigenvalue weighted by atomic mass is 32.1. The quantitative estimate of drug-likeness (QED) is 0.800. The van der Waals surface area contributed by atoms with Gasteiger partial charge in [-0.15, -0.1) is 0 Å². The zero-order chi connectivity index (χ0) is 17.6. The molecule has 1 aliphatic carbocycles. The SMILES string of the molecule is O=C1CCCC(NCc2ccncc2)=C1C(=S)Nc1ccc(F)cc1. The van der Waals surface area contributed by atoms with E-state index in [1.807, 2.05) is 12.1 Å². The number of thiocarbonyl (C=S) groups is 1. The van der Waals surface area contributed by atoms with Crippen LogP contribution < -0.4 is 10.6 Å². The molecular formula is C19H18FN3OS. The van der Waals surface area contributed by atoms with E-state index in [2.05, 4.69) is 15.6 Å². The molecule has 6 heteroatoms. The maximum absolute atomic E-state index is 13.0. The van der Waals surface area contributed by atoms with Gasteiger partial charge in [0, 0.05) is 36.7 Å². The molecule has 0 saturated carbocycles. The molecule has 0 radical (unpaired) electrons. The third kappa shape index (κ3) is 4.48. The fraction of sp³-hybridized carbons (Fsp3) is 0.211. The maximum atomic E-state index is 13.0. The Labute approximate surface area is 151 Å². The average Bonchev–Trinajstić information content (AvgIpc) is 2.62. The minimum absolute atomic E-state index is 0.0306. The van der Waals surface area contributed by atoms with Crippen molar-refractivity contribution in [3.8, 4) is 0 Å². The highest BCUT2D eigenvalue weighted by Gasteiger charge is 2.24. The number of hydrogen-bond acceptors (Lipinski definition) is 4. The van der Waals surface area contributed by atoms with Gasteiger partial charge in [-0.1, -0.05) is 12.2 Å². The predicted molar refractivity (Wildman–Crippen MR) is 99.6 cm³/mol. The number of pyridine rings is 1. The summed E-state index contributed by atoms with van der Waals surface area (Å²) in [7, 11) is 0. The van der Waals surface area contributed by atoms with Gasteiger partial charge in [0.25, 0.3) is 0 Å². The van der Waals surface area contributed by atoms with Crippen LogP contribution in [0.2, 0.25) is 0 Å². The van der Waals surface area contributed by atoms with Gasteiger partial charge >= 0.3 is 0 Å². The molecule has 4 nitrogen and oxygen atoms in total. The lowest BCUT2D eigenvalue weighted by molar-refractivity contribution is -0.115. The molecule has 1 aromatic carbocycles. The number of halogens is 1. The van der Waals surface area contributed by atoms with Crippen molar-refractivity contribution in [3.63, 3.8) is 0 Å². The van der Waals surface area contributed by atoms with E-state index in [9.17, 15) is 9.18 Å². The Hall–Kier alpha value is -2.60. The smallest absolute Gasteiger partial charge is 0.167 e. The first-order valence-corrected chi connectivity index (χ1v) is 8.50. The van der Waals surface area contributed by atoms with Gasteiger partial charge in [-0.05, 0) is 54.8 Å². The van der Waals surface area contributed by atoms with Gasteiger partial charge in [0.2, 0.25) is 0 Å². The van der Waals surface area contributed by atoms with Crippen LogP contribution in [0.5, 0.6) is 0 Å². The third-order valence-corrected chi connectivity index (χ3v) is 4.30. The van der Waals surface area contributed by atoms with Gasteiger partial charge in [-0.25, -0.2) is 4.39 Å². The molecule has 0 amide bonds. The van der Waals surface area contributed by atoms with E-state index in [1.54, 1.807) is 24.5 Å². The summed E-state index contributed by atoms with van der Waals surface area (Å²) in [5, 5.41) is 6.37. The van der Waals surface area contributed by atoms with Crippen molar-refractivity contribution in [1.29, 1.82) is 0 Å². The number of rotatable bonds is 5. The summed E-state index contributed by atoms with van der Waals surface area (Å²) in [6.45, 7) is 0.605. The number of carbonyl (C=O) groups excluding carboxylic acids is 1. The first-order valence-electron chi connectivity index (χ1n) is 8.09. The highest BCUT2D eigenvalue weighted by molar-refractivity contribution is 7.81. The highest BCUT2D eigenvalue weighted by Crippen LogP contribution is 2.23. The van der Waals surface area contributed by atoms with Crippen LogP contribution in [0.4, 0.5) is 10.1 Å². The largest absolute Gasteiger partial charge is 0.384 e. The maximum Gasteiger partial charge on any atom is 0.167 e.